The summed E-state index contributed by atoms with van der Waals surface area (Å²) in [6.07, 6.45) is 1.32. The lowest BCUT2D eigenvalue weighted by Crippen LogP contribution is -2.39. The van der Waals surface area contributed by atoms with Gasteiger partial charge in [-0.15, -0.1) is 0 Å². The fourth-order valence-electron chi connectivity index (χ4n) is 3.83. The molecule has 10 heteroatoms. The van der Waals surface area contributed by atoms with Crippen LogP contribution in [0.2, 0.25) is 0 Å². The maximum atomic E-state index is 13.5. The SMILES string of the molecule is CCOC(=O)c1ccc(-c2ccc(/C=N\NC(=O)CN(c3cccc(C)c3)S(=O)(=O)c3ccc(C)cc3)o2)cc1. The first-order valence-electron chi connectivity index (χ1n) is 12.5. The number of hydrogen-bond donors (Lipinski definition) is 1. The normalized spacial score (nSPS) is 11.4. The van der Waals surface area contributed by atoms with Crippen LogP contribution in [0.3, 0.4) is 0 Å². The smallest absolute Gasteiger partial charge is 0.338 e. The van der Waals surface area contributed by atoms with Crippen LogP contribution in [0.15, 0.2) is 99.3 Å². The van der Waals surface area contributed by atoms with Crippen LogP contribution in [0.25, 0.3) is 11.3 Å². The number of hydrazone groups is 1. The van der Waals surface area contributed by atoms with Crippen molar-refractivity contribution in [3.05, 3.63) is 107 Å². The molecule has 0 aliphatic rings. The zero-order valence-corrected chi connectivity index (χ0v) is 23.1. The molecule has 0 unspecified atom stereocenters. The van der Waals surface area contributed by atoms with E-state index >= 15 is 0 Å². The maximum absolute atomic E-state index is 13.5. The molecule has 40 heavy (non-hydrogen) atoms. The molecule has 1 amide bonds. The van der Waals surface area contributed by atoms with E-state index in [1.165, 1.54) is 18.3 Å². The number of carbonyl (C=O) groups excluding carboxylic acids is 2. The standard InChI is InChI=1S/C30H29N3O6S/c1-4-38-30(35)24-12-10-23(11-13-24)28-17-14-26(39-28)19-31-32-29(34)20-33(25-7-5-6-22(3)18-25)40(36,37)27-15-8-21(2)9-16-27/h5-19H,4,20H2,1-3H3,(H,32,34)/b31-19-. The minimum absolute atomic E-state index is 0.0781. The Morgan fingerprint density at radius 1 is 0.950 bits per heavy atom. The predicted octanol–water partition coefficient (Wildman–Crippen LogP) is 5.09. The van der Waals surface area contributed by atoms with E-state index in [-0.39, 0.29) is 4.90 Å². The number of sulfonamides is 1. The molecule has 1 heterocycles. The van der Waals surface area contributed by atoms with E-state index in [2.05, 4.69) is 10.5 Å². The minimum Gasteiger partial charge on any atom is -0.462 e. The molecular formula is C30H29N3O6S. The average molecular weight is 560 g/mol. The number of rotatable bonds is 10. The summed E-state index contributed by atoms with van der Waals surface area (Å²) in [5.41, 5.74) is 5.69. The number of anilines is 1. The van der Waals surface area contributed by atoms with E-state index in [4.69, 9.17) is 9.15 Å². The molecule has 0 radical (unpaired) electrons. The van der Waals surface area contributed by atoms with Gasteiger partial charge in [0.05, 0.1) is 29.0 Å². The number of furan rings is 1. The van der Waals surface area contributed by atoms with Crippen molar-refractivity contribution in [3.8, 4) is 11.3 Å². The second kappa shape index (κ2) is 12.4. The number of esters is 1. The van der Waals surface area contributed by atoms with Crippen molar-refractivity contribution in [2.75, 3.05) is 17.5 Å². The largest absolute Gasteiger partial charge is 0.462 e. The molecule has 0 fully saturated rings. The second-order valence-corrected chi connectivity index (χ2v) is 10.8. The zero-order valence-electron chi connectivity index (χ0n) is 22.3. The van der Waals surface area contributed by atoms with Crippen molar-refractivity contribution in [1.82, 2.24) is 5.43 Å². The van der Waals surface area contributed by atoms with Crippen molar-refractivity contribution in [2.24, 2.45) is 5.10 Å². The first-order chi connectivity index (χ1) is 19.2. The van der Waals surface area contributed by atoms with Gasteiger partial charge in [-0.1, -0.05) is 42.0 Å². The molecule has 9 nitrogen and oxygen atoms in total. The Kier molecular flexibility index (Phi) is 8.80. The summed E-state index contributed by atoms with van der Waals surface area (Å²) < 4.78 is 38.8. The zero-order chi connectivity index (χ0) is 28.7. The lowest BCUT2D eigenvalue weighted by atomic mass is 10.1. The summed E-state index contributed by atoms with van der Waals surface area (Å²) in [5.74, 6) is -0.120. The molecule has 4 aromatic rings. The number of benzene rings is 3. The van der Waals surface area contributed by atoms with Gasteiger partial charge < -0.3 is 9.15 Å². The Labute approximate surface area is 233 Å². The van der Waals surface area contributed by atoms with Crippen molar-refractivity contribution in [1.29, 1.82) is 0 Å². The van der Waals surface area contributed by atoms with Crippen molar-refractivity contribution in [2.45, 2.75) is 25.7 Å². The fourth-order valence-corrected chi connectivity index (χ4v) is 5.24. The number of aryl methyl sites for hydroxylation is 2. The van der Waals surface area contributed by atoms with E-state index < -0.39 is 28.4 Å². The van der Waals surface area contributed by atoms with Crippen molar-refractivity contribution < 1.29 is 27.2 Å². The molecule has 0 saturated carbocycles. The molecule has 0 aliphatic heterocycles. The molecule has 1 N–H and O–H groups in total. The molecule has 0 spiro atoms. The third-order valence-corrected chi connectivity index (χ3v) is 7.66. The van der Waals surface area contributed by atoms with Crippen LogP contribution in [-0.4, -0.2) is 39.7 Å². The number of amides is 1. The van der Waals surface area contributed by atoms with Crippen LogP contribution >= 0.6 is 0 Å². The Hall–Kier alpha value is -4.70. The minimum atomic E-state index is -4.03. The van der Waals surface area contributed by atoms with Crippen molar-refractivity contribution >= 4 is 33.8 Å². The Balaban J connectivity index is 1.45. The number of carbonyl (C=O) groups is 2. The highest BCUT2D eigenvalue weighted by Crippen LogP contribution is 2.25. The number of ether oxygens (including phenoxy) is 1. The molecule has 1 aromatic heterocycles. The van der Waals surface area contributed by atoms with Gasteiger partial charge in [-0.25, -0.2) is 18.6 Å². The van der Waals surface area contributed by atoms with Gasteiger partial charge in [0, 0.05) is 5.56 Å². The first kappa shape index (κ1) is 28.3. The average Bonchev–Trinajstić information content (AvgIpc) is 3.41. The van der Waals surface area contributed by atoms with Crippen LogP contribution in [0.4, 0.5) is 5.69 Å². The topological polar surface area (TPSA) is 118 Å². The quantitative estimate of drug-likeness (QED) is 0.164. The highest BCUT2D eigenvalue weighted by atomic mass is 32.2. The summed E-state index contributed by atoms with van der Waals surface area (Å²) >= 11 is 0. The van der Waals surface area contributed by atoms with Crippen LogP contribution in [0.1, 0.15) is 34.2 Å². The van der Waals surface area contributed by atoms with Gasteiger partial charge in [0.15, 0.2) is 0 Å². The third kappa shape index (κ3) is 6.83. The second-order valence-electron chi connectivity index (χ2n) is 8.96. The maximum Gasteiger partial charge on any atom is 0.338 e. The Morgan fingerprint density at radius 2 is 1.68 bits per heavy atom. The number of nitrogens with one attached hydrogen (secondary N) is 1. The summed E-state index contributed by atoms with van der Waals surface area (Å²) in [4.78, 5) is 24.7. The summed E-state index contributed by atoms with van der Waals surface area (Å²) in [6, 6.07) is 23.5. The molecule has 4 rings (SSSR count). The first-order valence-corrected chi connectivity index (χ1v) is 14.0. The summed E-state index contributed by atoms with van der Waals surface area (Å²) in [6.45, 7) is 5.27. The molecule has 3 aromatic carbocycles. The molecule has 0 atom stereocenters. The van der Waals surface area contributed by atoms with E-state index in [0.29, 0.717) is 29.4 Å². The van der Waals surface area contributed by atoms with Gasteiger partial charge in [0.25, 0.3) is 15.9 Å². The lowest BCUT2D eigenvalue weighted by Gasteiger charge is -2.24. The van der Waals surface area contributed by atoms with Gasteiger partial charge in [0.2, 0.25) is 0 Å². The van der Waals surface area contributed by atoms with Crippen molar-refractivity contribution in [3.63, 3.8) is 0 Å². The van der Waals surface area contributed by atoms with Gasteiger partial charge >= 0.3 is 5.97 Å². The lowest BCUT2D eigenvalue weighted by molar-refractivity contribution is -0.119. The van der Waals surface area contributed by atoms with E-state index in [1.807, 2.05) is 19.9 Å². The van der Waals surface area contributed by atoms with Gasteiger partial charge in [-0.2, -0.15) is 5.10 Å². The molecule has 0 aliphatic carbocycles. The molecule has 206 valence electrons. The summed E-state index contributed by atoms with van der Waals surface area (Å²) in [7, 11) is -4.03. The van der Waals surface area contributed by atoms with Crippen LogP contribution < -0.4 is 9.73 Å². The van der Waals surface area contributed by atoms with Crippen LogP contribution in [-0.2, 0) is 19.6 Å². The molecular weight excluding hydrogens is 530 g/mol. The van der Waals surface area contributed by atoms with E-state index in [9.17, 15) is 18.0 Å². The molecule has 0 bridgehead atoms. The number of nitrogens with zero attached hydrogens (tertiary/aromatic N) is 2. The Morgan fingerprint density at radius 3 is 2.35 bits per heavy atom. The fraction of sp³-hybridized carbons (Fsp3) is 0.167. The van der Waals surface area contributed by atoms with Crippen LogP contribution in [0.5, 0.6) is 0 Å². The van der Waals surface area contributed by atoms with Gasteiger partial charge in [0.1, 0.15) is 18.1 Å². The Bertz CT molecular complexity index is 1620. The predicted molar refractivity (Wildman–Crippen MR) is 153 cm³/mol. The van der Waals surface area contributed by atoms with Gasteiger partial charge in [-0.3, -0.25) is 9.10 Å². The number of hydrogen-bond acceptors (Lipinski definition) is 7. The van der Waals surface area contributed by atoms with Gasteiger partial charge in [-0.05, 0) is 74.9 Å². The van der Waals surface area contributed by atoms with Crippen LogP contribution in [0, 0.1) is 13.8 Å². The molecule has 0 saturated heterocycles. The summed E-state index contributed by atoms with van der Waals surface area (Å²) in [5, 5.41) is 3.94. The third-order valence-electron chi connectivity index (χ3n) is 5.87. The highest BCUT2D eigenvalue weighted by Gasteiger charge is 2.27. The van der Waals surface area contributed by atoms with E-state index in [1.54, 1.807) is 73.7 Å². The van der Waals surface area contributed by atoms with E-state index in [0.717, 1.165) is 21.0 Å². The monoisotopic (exact) mass is 559 g/mol. The highest BCUT2D eigenvalue weighted by molar-refractivity contribution is 7.92.